The molecule has 2 rings (SSSR count). The Morgan fingerprint density at radius 3 is 2.67 bits per heavy atom. The summed E-state index contributed by atoms with van der Waals surface area (Å²) in [4.78, 5) is 11.0. The maximum absolute atomic E-state index is 11.0. The van der Waals surface area contributed by atoms with Gasteiger partial charge in [0.25, 0.3) is 0 Å². The highest BCUT2D eigenvalue weighted by atomic mass is 16.5. The molecule has 0 radical (unpaired) electrons. The maximum Gasteiger partial charge on any atom is 0.248 e. The normalized spacial score (nSPS) is 19.2. The highest BCUT2D eigenvalue weighted by molar-refractivity contribution is 5.95. The molecule has 2 N–H and O–H groups in total. The molecule has 1 unspecified atom stereocenters. The molecule has 0 aliphatic carbocycles. The topological polar surface area (TPSA) is 52.3 Å². The summed E-state index contributed by atoms with van der Waals surface area (Å²) in [7, 11) is 0. The number of benzene rings is 1. The molecule has 0 fully saturated rings. The zero-order chi connectivity index (χ0) is 10.7. The van der Waals surface area contributed by atoms with Crippen LogP contribution in [0, 0.1) is 0 Å². The summed E-state index contributed by atoms with van der Waals surface area (Å²) in [6.45, 7) is 0. The number of amides is 1. The summed E-state index contributed by atoms with van der Waals surface area (Å²) in [5.74, 6) is -0.435. The molecule has 1 atom stereocenters. The molecule has 0 aromatic heterocycles. The molecule has 15 heavy (non-hydrogen) atoms. The minimum Gasteiger partial charge on any atom is -0.489 e. The van der Waals surface area contributed by atoms with Crippen molar-refractivity contribution in [2.75, 3.05) is 0 Å². The van der Waals surface area contributed by atoms with Gasteiger partial charge >= 0.3 is 0 Å². The van der Waals surface area contributed by atoms with Crippen LogP contribution in [0.15, 0.2) is 54.3 Å². The average Bonchev–Trinajstić information content (AvgIpc) is 2.30. The van der Waals surface area contributed by atoms with Gasteiger partial charge in [0.2, 0.25) is 5.91 Å². The molecule has 0 spiro atoms. The van der Waals surface area contributed by atoms with Gasteiger partial charge in [-0.25, -0.2) is 0 Å². The van der Waals surface area contributed by atoms with E-state index in [4.69, 9.17) is 10.5 Å². The Balaban J connectivity index is 2.27. The van der Waals surface area contributed by atoms with Crippen LogP contribution < -0.4 is 5.73 Å². The SMILES string of the molecule is NC(=O)C1=CC(c2ccccc2)OC=C1. The summed E-state index contributed by atoms with van der Waals surface area (Å²) >= 11 is 0. The van der Waals surface area contributed by atoms with Crippen LogP contribution in [0.3, 0.4) is 0 Å². The van der Waals surface area contributed by atoms with Crippen molar-refractivity contribution in [2.24, 2.45) is 5.73 Å². The fraction of sp³-hybridized carbons (Fsp3) is 0.0833. The van der Waals surface area contributed by atoms with Gasteiger partial charge in [0, 0.05) is 5.57 Å². The second-order valence-electron chi connectivity index (χ2n) is 3.26. The smallest absolute Gasteiger partial charge is 0.248 e. The van der Waals surface area contributed by atoms with E-state index >= 15 is 0 Å². The molecule has 1 aliphatic heterocycles. The van der Waals surface area contributed by atoms with Crippen molar-refractivity contribution >= 4 is 5.91 Å². The molecule has 3 heteroatoms. The van der Waals surface area contributed by atoms with Crippen LogP contribution in [0.5, 0.6) is 0 Å². The monoisotopic (exact) mass is 201 g/mol. The fourth-order valence-electron chi connectivity index (χ4n) is 1.44. The molecule has 1 aromatic carbocycles. The largest absolute Gasteiger partial charge is 0.489 e. The summed E-state index contributed by atoms with van der Waals surface area (Å²) in [6.07, 6.45) is 4.57. The molecule has 76 valence electrons. The van der Waals surface area contributed by atoms with E-state index in [0.29, 0.717) is 5.57 Å². The second-order valence-corrected chi connectivity index (χ2v) is 3.26. The highest BCUT2D eigenvalue weighted by Gasteiger charge is 2.14. The van der Waals surface area contributed by atoms with Crippen molar-refractivity contribution < 1.29 is 9.53 Å². The van der Waals surface area contributed by atoms with Gasteiger partial charge in [-0.1, -0.05) is 30.3 Å². The van der Waals surface area contributed by atoms with E-state index < -0.39 is 5.91 Å². The molecule has 3 nitrogen and oxygen atoms in total. The molecule has 0 bridgehead atoms. The molecular formula is C12H11NO2. The number of hydrogen-bond acceptors (Lipinski definition) is 2. The number of nitrogens with two attached hydrogens (primary N) is 1. The molecule has 1 aromatic rings. The molecule has 1 aliphatic rings. The number of rotatable bonds is 2. The molecule has 0 saturated carbocycles. The van der Waals surface area contributed by atoms with Crippen molar-refractivity contribution in [2.45, 2.75) is 6.10 Å². The lowest BCUT2D eigenvalue weighted by Crippen LogP contribution is -2.15. The van der Waals surface area contributed by atoms with Crippen molar-refractivity contribution in [1.82, 2.24) is 0 Å². The lowest BCUT2D eigenvalue weighted by atomic mass is 10.0. The molecule has 1 heterocycles. The standard InChI is InChI=1S/C12H11NO2/c13-12(14)10-6-7-15-11(8-10)9-4-2-1-3-5-9/h1-8,11H,(H2,13,14). The lowest BCUT2D eigenvalue weighted by Gasteiger charge is -2.17. The van der Waals surface area contributed by atoms with Gasteiger partial charge in [0.15, 0.2) is 0 Å². The number of carbonyl (C=O) groups is 1. The Labute approximate surface area is 87.9 Å². The average molecular weight is 201 g/mol. The van der Waals surface area contributed by atoms with Crippen LogP contribution in [0.2, 0.25) is 0 Å². The van der Waals surface area contributed by atoms with Crippen molar-refractivity contribution in [3.63, 3.8) is 0 Å². The minimum atomic E-state index is -0.435. The van der Waals surface area contributed by atoms with Crippen molar-refractivity contribution in [1.29, 1.82) is 0 Å². The third-order valence-electron chi connectivity index (χ3n) is 2.22. The second kappa shape index (κ2) is 4.00. The Kier molecular flexibility index (Phi) is 2.54. The first-order chi connectivity index (χ1) is 7.27. The lowest BCUT2D eigenvalue weighted by molar-refractivity contribution is -0.114. The van der Waals surface area contributed by atoms with E-state index in [1.54, 1.807) is 12.2 Å². The van der Waals surface area contributed by atoms with Gasteiger partial charge in [-0.2, -0.15) is 0 Å². The van der Waals surface area contributed by atoms with E-state index in [2.05, 4.69) is 0 Å². The van der Waals surface area contributed by atoms with Crippen LogP contribution in [0.1, 0.15) is 11.7 Å². The maximum atomic E-state index is 11.0. The van der Waals surface area contributed by atoms with Crippen LogP contribution in [-0.4, -0.2) is 5.91 Å². The summed E-state index contributed by atoms with van der Waals surface area (Å²) in [5.41, 5.74) is 6.68. The van der Waals surface area contributed by atoms with Crippen LogP contribution in [-0.2, 0) is 9.53 Å². The predicted octanol–water partition coefficient (Wildman–Crippen LogP) is 1.68. The summed E-state index contributed by atoms with van der Waals surface area (Å²) in [5, 5.41) is 0. The first-order valence-electron chi connectivity index (χ1n) is 4.66. The van der Waals surface area contributed by atoms with Gasteiger partial charge in [-0.05, 0) is 17.7 Å². The first kappa shape index (κ1) is 9.52. The quantitative estimate of drug-likeness (QED) is 0.791. The number of primary amides is 1. The molecular weight excluding hydrogens is 190 g/mol. The minimum absolute atomic E-state index is 0.223. The van der Waals surface area contributed by atoms with Crippen LogP contribution in [0.4, 0.5) is 0 Å². The van der Waals surface area contributed by atoms with Crippen LogP contribution in [0.25, 0.3) is 0 Å². The Morgan fingerprint density at radius 2 is 2.00 bits per heavy atom. The van der Waals surface area contributed by atoms with Gasteiger partial charge in [-0.15, -0.1) is 0 Å². The Bertz CT molecular complexity index is 421. The third kappa shape index (κ3) is 2.07. The number of hydrogen-bond donors (Lipinski definition) is 1. The third-order valence-corrected chi connectivity index (χ3v) is 2.22. The molecule has 1 amide bonds. The predicted molar refractivity (Wildman–Crippen MR) is 56.7 cm³/mol. The highest BCUT2D eigenvalue weighted by Crippen LogP contribution is 2.24. The first-order valence-corrected chi connectivity index (χ1v) is 4.66. The van der Waals surface area contributed by atoms with Crippen LogP contribution >= 0.6 is 0 Å². The van der Waals surface area contributed by atoms with Gasteiger partial charge in [0.1, 0.15) is 6.10 Å². The van der Waals surface area contributed by atoms with E-state index in [-0.39, 0.29) is 6.10 Å². The van der Waals surface area contributed by atoms with E-state index in [1.807, 2.05) is 30.3 Å². The zero-order valence-electron chi connectivity index (χ0n) is 8.09. The van der Waals surface area contributed by atoms with E-state index in [1.165, 1.54) is 6.26 Å². The van der Waals surface area contributed by atoms with Crippen molar-refractivity contribution in [3.8, 4) is 0 Å². The summed E-state index contributed by atoms with van der Waals surface area (Å²) < 4.78 is 5.38. The zero-order valence-corrected chi connectivity index (χ0v) is 8.09. The van der Waals surface area contributed by atoms with E-state index in [0.717, 1.165) is 5.56 Å². The Hall–Kier alpha value is -2.03. The van der Waals surface area contributed by atoms with Gasteiger partial charge < -0.3 is 10.5 Å². The molecule has 0 saturated heterocycles. The number of ether oxygens (including phenoxy) is 1. The number of carbonyl (C=O) groups excluding carboxylic acids is 1. The van der Waals surface area contributed by atoms with Gasteiger partial charge in [-0.3, -0.25) is 4.79 Å². The fourth-order valence-corrected chi connectivity index (χ4v) is 1.44. The Morgan fingerprint density at radius 1 is 1.27 bits per heavy atom. The van der Waals surface area contributed by atoms with E-state index in [9.17, 15) is 4.79 Å². The van der Waals surface area contributed by atoms with Crippen molar-refractivity contribution in [3.05, 3.63) is 59.9 Å². The summed E-state index contributed by atoms with van der Waals surface area (Å²) in [6, 6.07) is 9.67. The van der Waals surface area contributed by atoms with Gasteiger partial charge in [0.05, 0.1) is 6.26 Å².